The lowest BCUT2D eigenvalue weighted by molar-refractivity contribution is -0.117. The van der Waals surface area contributed by atoms with Crippen molar-refractivity contribution in [1.82, 2.24) is 4.90 Å². The molecule has 1 fully saturated rings. The van der Waals surface area contributed by atoms with Crippen molar-refractivity contribution in [3.8, 4) is 0 Å². The van der Waals surface area contributed by atoms with E-state index >= 15 is 0 Å². The smallest absolute Gasteiger partial charge is 0.238 e. The fourth-order valence-electron chi connectivity index (χ4n) is 3.34. The summed E-state index contributed by atoms with van der Waals surface area (Å²) in [6.07, 6.45) is 3.50. The predicted octanol–water partition coefficient (Wildman–Crippen LogP) is 3.89. The monoisotopic (exact) mass is 322 g/mol. The largest absolute Gasteiger partial charge is 0.325 e. The molecule has 0 bridgehead atoms. The number of aryl methyl sites for hydroxylation is 1. The SMILES string of the molecule is Cc1ccc(NC(=O)CN2CCC(Cc3ccccc3)CC2)cc1. The molecule has 2 aromatic rings. The van der Waals surface area contributed by atoms with Crippen LogP contribution in [-0.4, -0.2) is 30.4 Å². The van der Waals surface area contributed by atoms with Gasteiger partial charge in [0.05, 0.1) is 6.54 Å². The molecule has 0 unspecified atom stereocenters. The van der Waals surface area contributed by atoms with Crippen LogP contribution in [0.15, 0.2) is 54.6 Å². The highest BCUT2D eigenvalue weighted by Gasteiger charge is 2.21. The van der Waals surface area contributed by atoms with Gasteiger partial charge in [0.15, 0.2) is 0 Å². The molecule has 0 atom stereocenters. The molecule has 0 saturated carbocycles. The third kappa shape index (κ3) is 4.93. The van der Waals surface area contributed by atoms with Crippen molar-refractivity contribution in [2.24, 2.45) is 5.92 Å². The first-order chi connectivity index (χ1) is 11.7. The van der Waals surface area contributed by atoms with Gasteiger partial charge in [-0.25, -0.2) is 0 Å². The highest BCUT2D eigenvalue weighted by molar-refractivity contribution is 5.92. The minimum atomic E-state index is 0.0837. The molecule has 0 aromatic heterocycles. The first-order valence-electron chi connectivity index (χ1n) is 8.82. The van der Waals surface area contributed by atoms with Crippen LogP contribution in [0, 0.1) is 12.8 Å². The number of carbonyl (C=O) groups is 1. The van der Waals surface area contributed by atoms with Crippen molar-refractivity contribution in [3.63, 3.8) is 0 Å². The van der Waals surface area contributed by atoms with E-state index in [2.05, 4.69) is 40.5 Å². The Labute approximate surface area is 144 Å². The number of rotatable bonds is 5. The quantitative estimate of drug-likeness (QED) is 0.906. The molecule has 3 nitrogen and oxygen atoms in total. The van der Waals surface area contributed by atoms with Crippen molar-refractivity contribution in [1.29, 1.82) is 0 Å². The molecule has 1 amide bonds. The van der Waals surface area contributed by atoms with Crippen molar-refractivity contribution >= 4 is 11.6 Å². The highest BCUT2D eigenvalue weighted by Crippen LogP contribution is 2.21. The molecule has 0 spiro atoms. The van der Waals surface area contributed by atoms with Crippen LogP contribution < -0.4 is 5.32 Å². The number of carbonyl (C=O) groups excluding carboxylic acids is 1. The van der Waals surface area contributed by atoms with Crippen molar-refractivity contribution in [2.45, 2.75) is 26.2 Å². The standard InChI is InChI=1S/C21H26N2O/c1-17-7-9-20(10-8-17)22-21(24)16-23-13-11-19(12-14-23)15-18-5-3-2-4-6-18/h2-10,19H,11-16H2,1H3,(H,22,24). The summed E-state index contributed by atoms with van der Waals surface area (Å²) >= 11 is 0. The Hall–Kier alpha value is -2.13. The molecule has 0 radical (unpaired) electrons. The van der Waals surface area contributed by atoms with E-state index in [-0.39, 0.29) is 5.91 Å². The van der Waals surface area contributed by atoms with Crippen LogP contribution in [0.4, 0.5) is 5.69 Å². The number of nitrogens with one attached hydrogen (secondary N) is 1. The molecule has 24 heavy (non-hydrogen) atoms. The fourth-order valence-corrected chi connectivity index (χ4v) is 3.34. The Morgan fingerprint density at radius 3 is 2.38 bits per heavy atom. The Morgan fingerprint density at radius 1 is 1.04 bits per heavy atom. The third-order valence-corrected chi connectivity index (χ3v) is 4.78. The lowest BCUT2D eigenvalue weighted by atomic mass is 9.90. The van der Waals surface area contributed by atoms with Gasteiger partial charge in [-0.2, -0.15) is 0 Å². The van der Waals surface area contributed by atoms with E-state index in [4.69, 9.17) is 0 Å². The van der Waals surface area contributed by atoms with Gasteiger partial charge < -0.3 is 5.32 Å². The van der Waals surface area contributed by atoms with Crippen molar-refractivity contribution in [2.75, 3.05) is 25.0 Å². The van der Waals surface area contributed by atoms with Crippen molar-refractivity contribution in [3.05, 3.63) is 65.7 Å². The molecule has 0 aliphatic carbocycles. The summed E-state index contributed by atoms with van der Waals surface area (Å²) < 4.78 is 0. The van der Waals surface area contributed by atoms with Gasteiger partial charge in [0.25, 0.3) is 0 Å². The molecule has 3 heteroatoms. The summed E-state index contributed by atoms with van der Waals surface area (Å²) in [5, 5.41) is 2.99. The summed E-state index contributed by atoms with van der Waals surface area (Å²) in [7, 11) is 0. The van der Waals surface area contributed by atoms with Crippen molar-refractivity contribution < 1.29 is 4.79 Å². The van der Waals surface area contributed by atoms with E-state index in [9.17, 15) is 4.79 Å². The number of anilines is 1. The molecule has 1 saturated heterocycles. The van der Waals surface area contributed by atoms with Gasteiger partial charge in [-0.05, 0) is 62.9 Å². The summed E-state index contributed by atoms with van der Waals surface area (Å²) in [5.74, 6) is 0.823. The second kappa shape index (κ2) is 8.11. The normalized spacial score (nSPS) is 16.0. The topological polar surface area (TPSA) is 32.3 Å². The van der Waals surface area contributed by atoms with Gasteiger partial charge in [-0.3, -0.25) is 9.69 Å². The van der Waals surface area contributed by atoms with Gasteiger partial charge in [-0.15, -0.1) is 0 Å². The van der Waals surface area contributed by atoms with E-state index in [0.717, 1.165) is 31.1 Å². The number of amides is 1. The van der Waals surface area contributed by atoms with Crippen LogP contribution >= 0.6 is 0 Å². The summed E-state index contributed by atoms with van der Waals surface area (Å²) in [6.45, 7) is 4.56. The third-order valence-electron chi connectivity index (χ3n) is 4.78. The Balaban J connectivity index is 1.41. The van der Waals surface area contributed by atoms with Gasteiger partial charge >= 0.3 is 0 Å². The number of likely N-dealkylation sites (tertiary alicyclic amines) is 1. The number of nitrogens with zero attached hydrogens (tertiary/aromatic N) is 1. The molecule has 126 valence electrons. The second-order valence-electron chi connectivity index (χ2n) is 6.82. The van der Waals surface area contributed by atoms with Crippen LogP contribution in [0.1, 0.15) is 24.0 Å². The minimum Gasteiger partial charge on any atom is -0.325 e. The summed E-state index contributed by atoms with van der Waals surface area (Å²) in [5.41, 5.74) is 3.51. The fraction of sp³-hybridized carbons (Fsp3) is 0.381. The number of hydrogen-bond acceptors (Lipinski definition) is 2. The molecule has 2 aromatic carbocycles. The summed E-state index contributed by atoms with van der Waals surface area (Å²) in [6, 6.07) is 18.7. The molecule has 1 N–H and O–H groups in total. The van der Waals surface area contributed by atoms with Gasteiger partial charge in [0.2, 0.25) is 5.91 Å². The lowest BCUT2D eigenvalue weighted by Gasteiger charge is -2.31. The maximum atomic E-state index is 12.2. The zero-order valence-corrected chi connectivity index (χ0v) is 14.4. The van der Waals surface area contributed by atoms with Gasteiger partial charge in [-0.1, -0.05) is 48.0 Å². The zero-order valence-electron chi connectivity index (χ0n) is 14.4. The molecule has 1 heterocycles. The van der Waals surface area contributed by atoms with Crippen LogP contribution in [0.5, 0.6) is 0 Å². The van der Waals surface area contributed by atoms with Gasteiger partial charge in [0, 0.05) is 5.69 Å². The van der Waals surface area contributed by atoms with E-state index in [1.165, 1.54) is 24.0 Å². The van der Waals surface area contributed by atoms with Crippen LogP contribution in [0.25, 0.3) is 0 Å². The second-order valence-corrected chi connectivity index (χ2v) is 6.82. The predicted molar refractivity (Wildman–Crippen MR) is 99.1 cm³/mol. The van der Waals surface area contributed by atoms with Crippen LogP contribution in [0.2, 0.25) is 0 Å². The highest BCUT2D eigenvalue weighted by atomic mass is 16.2. The Bertz CT molecular complexity index is 643. The zero-order chi connectivity index (χ0) is 16.8. The van der Waals surface area contributed by atoms with Crippen LogP contribution in [0.3, 0.4) is 0 Å². The maximum absolute atomic E-state index is 12.2. The molecule has 1 aliphatic heterocycles. The van der Waals surface area contributed by atoms with E-state index < -0.39 is 0 Å². The molecular formula is C21H26N2O. The average molecular weight is 322 g/mol. The Morgan fingerprint density at radius 2 is 1.71 bits per heavy atom. The van der Waals surface area contributed by atoms with E-state index in [0.29, 0.717) is 6.54 Å². The summed E-state index contributed by atoms with van der Waals surface area (Å²) in [4.78, 5) is 14.5. The lowest BCUT2D eigenvalue weighted by Crippen LogP contribution is -2.39. The first-order valence-corrected chi connectivity index (χ1v) is 8.82. The minimum absolute atomic E-state index is 0.0837. The Kier molecular flexibility index (Phi) is 5.65. The number of hydrogen-bond donors (Lipinski definition) is 1. The van der Waals surface area contributed by atoms with E-state index in [1.54, 1.807) is 0 Å². The van der Waals surface area contributed by atoms with Crippen LogP contribution in [-0.2, 0) is 11.2 Å². The number of piperidine rings is 1. The number of benzene rings is 2. The average Bonchev–Trinajstić information content (AvgIpc) is 2.60. The molecular weight excluding hydrogens is 296 g/mol. The first kappa shape index (κ1) is 16.7. The van der Waals surface area contributed by atoms with E-state index in [1.807, 2.05) is 31.2 Å². The van der Waals surface area contributed by atoms with Gasteiger partial charge in [0.1, 0.15) is 0 Å². The molecule has 3 rings (SSSR count). The maximum Gasteiger partial charge on any atom is 0.238 e. The molecule has 1 aliphatic rings.